The summed E-state index contributed by atoms with van der Waals surface area (Å²) in [7, 11) is 0. The van der Waals surface area contributed by atoms with Gasteiger partial charge in [-0.2, -0.15) is 0 Å². The summed E-state index contributed by atoms with van der Waals surface area (Å²) in [5.41, 5.74) is 1.00. The zero-order valence-electron chi connectivity index (χ0n) is 12.7. The Bertz CT molecular complexity index is 671. The number of hydrogen-bond acceptors (Lipinski definition) is 4. The minimum atomic E-state index is -0.648. The molecule has 6 heteroatoms. The fourth-order valence-electron chi connectivity index (χ4n) is 2.44. The van der Waals surface area contributed by atoms with Crippen LogP contribution in [0.1, 0.15) is 18.2 Å². The molecule has 1 aromatic carbocycles. The number of benzene rings is 1. The van der Waals surface area contributed by atoms with E-state index in [1.165, 1.54) is 0 Å². The third-order valence-corrected chi connectivity index (χ3v) is 3.71. The van der Waals surface area contributed by atoms with Gasteiger partial charge in [0.15, 0.2) is 6.10 Å². The van der Waals surface area contributed by atoms with Gasteiger partial charge in [-0.1, -0.05) is 18.2 Å². The summed E-state index contributed by atoms with van der Waals surface area (Å²) in [5, 5.41) is 5.39. The van der Waals surface area contributed by atoms with Crippen LogP contribution in [0.15, 0.2) is 47.1 Å². The Hall–Kier alpha value is -2.76. The van der Waals surface area contributed by atoms with E-state index in [2.05, 4.69) is 10.6 Å². The summed E-state index contributed by atoms with van der Waals surface area (Å²) in [6, 6.07) is 10.4. The molecule has 2 aromatic rings. The van der Waals surface area contributed by atoms with Crippen LogP contribution in [-0.2, 0) is 22.6 Å². The summed E-state index contributed by atoms with van der Waals surface area (Å²) in [5.74, 6) is 0.820. The maximum absolute atomic E-state index is 12.2. The first-order chi connectivity index (χ1) is 11.1. The molecule has 1 aliphatic rings. The number of carbonyl (C=O) groups is 2. The van der Waals surface area contributed by atoms with Crippen LogP contribution >= 0.6 is 0 Å². The van der Waals surface area contributed by atoms with Gasteiger partial charge in [0.05, 0.1) is 12.8 Å². The molecule has 6 nitrogen and oxygen atoms in total. The maximum atomic E-state index is 12.2. The van der Waals surface area contributed by atoms with Crippen molar-refractivity contribution < 1.29 is 18.7 Å². The smallest absolute Gasteiger partial charge is 0.262 e. The average Bonchev–Trinajstić information content (AvgIpc) is 3.21. The molecule has 2 atom stereocenters. The van der Waals surface area contributed by atoms with E-state index in [1.807, 2.05) is 24.3 Å². The minimum absolute atomic E-state index is 0.273. The van der Waals surface area contributed by atoms with Crippen molar-refractivity contribution in [1.29, 1.82) is 0 Å². The first-order valence-corrected chi connectivity index (χ1v) is 7.48. The van der Waals surface area contributed by atoms with Crippen molar-refractivity contribution in [2.45, 2.75) is 32.0 Å². The average molecular weight is 314 g/mol. The van der Waals surface area contributed by atoms with Crippen molar-refractivity contribution >= 4 is 11.8 Å². The summed E-state index contributed by atoms with van der Waals surface area (Å²) >= 11 is 0. The standard InChI is InChI=1S/C17H18N2O4/c1-11(16(20)18-10-13-6-4-8-22-13)19-17(21)15-9-12-5-2-3-7-14(12)23-15/h2-8,11,15H,9-10H2,1H3,(H,18,20)(H,19,21)/t11-,15+/m1/s1. The first-order valence-electron chi connectivity index (χ1n) is 7.48. The van der Waals surface area contributed by atoms with Crippen LogP contribution in [0.2, 0.25) is 0 Å². The van der Waals surface area contributed by atoms with Gasteiger partial charge in [-0.05, 0) is 30.7 Å². The van der Waals surface area contributed by atoms with Crippen molar-refractivity contribution in [2.75, 3.05) is 0 Å². The van der Waals surface area contributed by atoms with Gasteiger partial charge in [0.1, 0.15) is 17.6 Å². The van der Waals surface area contributed by atoms with E-state index in [4.69, 9.17) is 9.15 Å². The maximum Gasteiger partial charge on any atom is 0.262 e. The molecule has 2 N–H and O–H groups in total. The van der Waals surface area contributed by atoms with Crippen molar-refractivity contribution in [2.24, 2.45) is 0 Å². The van der Waals surface area contributed by atoms with Crippen molar-refractivity contribution in [1.82, 2.24) is 10.6 Å². The summed E-state index contributed by atoms with van der Waals surface area (Å²) < 4.78 is 10.7. The second-order valence-corrected chi connectivity index (χ2v) is 5.45. The molecular weight excluding hydrogens is 296 g/mol. The SMILES string of the molecule is C[C@@H](NC(=O)[C@@H]1Cc2ccccc2O1)C(=O)NCc1ccco1. The number of ether oxygens (including phenoxy) is 1. The molecule has 1 aromatic heterocycles. The molecule has 0 spiro atoms. The summed E-state index contributed by atoms with van der Waals surface area (Å²) in [6.45, 7) is 1.93. The highest BCUT2D eigenvalue weighted by Crippen LogP contribution is 2.28. The number of rotatable bonds is 5. The Morgan fingerprint density at radius 3 is 2.83 bits per heavy atom. The Balaban J connectivity index is 1.49. The number of hydrogen-bond donors (Lipinski definition) is 2. The van der Waals surface area contributed by atoms with Crippen LogP contribution in [0.5, 0.6) is 5.75 Å². The third kappa shape index (κ3) is 3.53. The van der Waals surface area contributed by atoms with Crippen LogP contribution in [-0.4, -0.2) is 24.0 Å². The van der Waals surface area contributed by atoms with Gasteiger partial charge >= 0.3 is 0 Å². The van der Waals surface area contributed by atoms with Gasteiger partial charge in [0.25, 0.3) is 5.91 Å². The molecule has 3 rings (SSSR count). The molecule has 0 saturated carbocycles. The van der Waals surface area contributed by atoms with Gasteiger partial charge in [-0.3, -0.25) is 9.59 Å². The Kier molecular flexibility index (Phi) is 4.32. The number of fused-ring (bicyclic) bond motifs is 1. The predicted octanol–water partition coefficient (Wildman–Crippen LogP) is 1.40. The monoisotopic (exact) mass is 314 g/mol. The molecule has 0 saturated heterocycles. The van der Waals surface area contributed by atoms with Gasteiger partial charge in [0, 0.05) is 6.42 Å². The molecule has 2 heterocycles. The van der Waals surface area contributed by atoms with Crippen LogP contribution in [0.3, 0.4) is 0 Å². The van der Waals surface area contributed by atoms with Crippen LogP contribution in [0.25, 0.3) is 0 Å². The highest BCUT2D eigenvalue weighted by atomic mass is 16.5. The van der Waals surface area contributed by atoms with Crippen molar-refractivity contribution in [3.05, 3.63) is 54.0 Å². The lowest BCUT2D eigenvalue weighted by Gasteiger charge is -2.16. The molecule has 0 aliphatic carbocycles. The molecule has 2 amide bonds. The van der Waals surface area contributed by atoms with E-state index in [0.29, 0.717) is 12.2 Å². The third-order valence-electron chi connectivity index (χ3n) is 3.71. The number of carbonyl (C=O) groups excluding carboxylic acids is 2. The number of furan rings is 1. The van der Waals surface area contributed by atoms with Gasteiger partial charge < -0.3 is 19.8 Å². The summed E-state index contributed by atoms with van der Waals surface area (Å²) in [6.07, 6.45) is 1.47. The largest absolute Gasteiger partial charge is 0.480 e. The Morgan fingerprint density at radius 2 is 2.09 bits per heavy atom. The molecule has 23 heavy (non-hydrogen) atoms. The fourth-order valence-corrected chi connectivity index (χ4v) is 2.44. The molecule has 0 radical (unpaired) electrons. The minimum Gasteiger partial charge on any atom is -0.480 e. The Labute approximate surface area is 133 Å². The van der Waals surface area contributed by atoms with Crippen molar-refractivity contribution in [3.63, 3.8) is 0 Å². The van der Waals surface area contributed by atoms with E-state index in [1.54, 1.807) is 25.3 Å². The quantitative estimate of drug-likeness (QED) is 0.874. The zero-order valence-corrected chi connectivity index (χ0v) is 12.7. The topological polar surface area (TPSA) is 80.6 Å². The van der Waals surface area contributed by atoms with Crippen molar-refractivity contribution in [3.8, 4) is 5.75 Å². The number of amides is 2. The van der Waals surface area contributed by atoms with E-state index < -0.39 is 12.1 Å². The molecule has 1 aliphatic heterocycles. The van der Waals surface area contributed by atoms with E-state index in [9.17, 15) is 9.59 Å². The highest BCUT2D eigenvalue weighted by Gasteiger charge is 2.30. The second kappa shape index (κ2) is 6.56. The van der Waals surface area contributed by atoms with E-state index in [-0.39, 0.29) is 18.4 Å². The normalized spacial score (nSPS) is 17.0. The van der Waals surface area contributed by atoms with Gasteiger partial charge in [-0.15, -0.1) is 0 Å². The molecular formula is C17H18N2O4. The predicted molar refractivity (Wildman–Crippen MR) is 82.7 cm³/mol. The summed E-state index contributed by atoms with van der Waals surface area (Å²) in [4.78, 5) is 24.2. The number of para-hydroxylation sites is 1. The van der Waals surface area contributed by atoms with Crippen LogP contribution in [0, 0.1) is 0 Å². The van der Waals surface area contributed by atoms with Gasteiger partial charge in [-0.25, -0.2) is 0 Å². The Morgan fingerprint density at radius 1 is 1.26 bits per heavy atom. The lowest BCUT2D eigenvalue weighted by atomic mass is 10.1. The second-order valence-electron chi connectivity index (χ2n) is 5.45. The van der Waals surface area contributed by atoms with E-state index >= 15 is 0 Å². The zero-order chi connectivity index (χ0) is 16.2. The molecule has 0 fully saturated rings. The van der Waals surface area contributed by atoms with Crippen LogP contribution < -0.4 is 15.4 Å². The number of nitrogens with one attached hydrogen (secondary N) is 2. The highest BCUT2D eigenvalue weighted by molar-refractivity contribution is 5.89. The first kappa shape index (κ1) is 15.1. The molecule has 120 valence electrons. The lowest BCUT2D eigenvalue weighted by molar-refractivity contribution is -0.132. The van der Waals surface area contributed by atoms with Gasteiger partial charge in [0.2, 0.25) is 5.91 Å². The van der Waals surface area contributed by atoms with Crippen LogP contribution in [0.4, 0.5) is 0 Å². The fraction of sp³-hybridized carbons (Fsp3) is 0.294. The molecule has 0 unspecified atom stereocenters. The molecule has 0 bridgehead atoms. The van der Waals surface area contributed by atoms with E-state index in [0.717, 1.165) is 11.3 Å². The lowest BCUT2D eigenvalue weighted by Crippen LogP contribution is -2.48.